The Kier molecular flexibility index (Phi) is 3.11. The maximum absolute atomic E-state index is 9.41. The molecule has 0 aromatic carbocycles. The van der Waals surface area contributed by atoms with E-state index >= 15 is 0 Å². The van der Waals surface area contributed by atoms with Gasteiger partial charge in [-0.1, -0.05) is 6.07 Å². The molecule has 0 radical (unpaired) electrons. The fraction of sp³-hybridized carbons (Fsp3) is 0.308. The number of rotatable bonds is 3. The van der Waals surface area contributed by atoms with Crippen LogP contribution in [0.15, 0.2) is 30.7 Å². The topological polar surface area (TPSA) is 58.3 Å². The van der Waals surface area contributed by atoms with Gasteiger partial charge in [-0.2, -0.15) is 0 Å². The van der Waals surface area contributed by atoms with E-state index in [-0.39, 0.29) is 18.6 Å². The molecule has 0 saturated carbocycles. The molecule has 0 unspecified atom stereocenters. The summed E-state index contributed by atoms with van der Waals surface area (Å²) >= 11 is 1.81. The summed E-state index contributed by atoms with van der Waals surface area (Å²) in [5.74, 6) is 0.857. The fourth-order valence-electron chi connectivity index (χ4n) is 2.38. The van der Waals surface area contributed by atoms with Crippen LogP contribution in [0, 0.1) is 0 Å². The molecule has 2 N–H and O–H groups in total. The summed E-state index contributed by atoms with van der Waals surface area (Å²) in [6.45, 7) is -0.0428. The molecule has 1 aliphatic rings. The van der Waals surface area contributed by atoms with Crippen LogP contribution < -0.4 is 0 Å². The number of hydrogen-bond donors (Lipinski definition) is 2. The predicted molar refractivity (Wildman–Crippen MR) is 69.9 cm³/mol. The van der Waals surface area contributed by atoms with Crippen molar-refractivity contribution in [1.82, 2.24) is 9.55 Å². The van der Waals surface area contributed by atoms with Gasteiger partial charge in [-0.25, -0.2) is 0 Å². The number of hydrogen-bond acceptors (Lipinski definition) is 4. The second kappa shape index (κ2) is 4.76. The predicted octanol–water partition coefficient (Wildman–Crippen LogP) is 1.66. The molecule has 0 spiro atoms. The van der Waals surface area contributed by atoms with Gasteiger partial charge in [0.25, 0.3) is 0 Å². The van der Waals surface area contributed by atoms with Crippen LogP contribution in [0.4, 0.5) is 0 Å². The van der Waals surface area contributed by atoms with Crippen molar-refractivity contribution >= 4 is 11.8 Å². The number of fused-ring (bicyclic) bond motifs is 1. The Hall–Kier alpha value is -1.30. The molecule has 0 fully saturated rings. The van der Waals surface area contributed by atoms with Crippen molar-refractivity contribution in [3.05, 3.63) is 53.1 Å². The number of aliphatic hydroxyl groups is 2. The Morgan fingerprint density at radius 2 is 2.28 bits per heavy atom. The van der Waals surface area contributed by atoms with Crippen LogP contribution in [0.5, 0.6) is 0 Å². The van der Waals surface area contributed by atoms with Crippen molar-refractivity contribution in [3.63, 3.8) is 0 Å². The van der Waals surface area contributed by atoms with Crippen LogP contribution in [0.2, 0.25) is 0 Å². The molecule has 2 aromatic heterocycles. The molecule has 0 bridgehead atoms. The molecule has 94 valence electrons. The monoisotopic (exact) mass is 262 g/mol. The van der Waals surface area contributed by atoms with E-state index in [0.717, 1.165) is 28.1 Å². The van der Waals surface area contributed by atoms with Crippen LogP contribution in [0.3, 0.4) is 0 Å². The molecule has 1 aliphatic heterocycles. The van der Waals surface area contributed by atoms with Crippen molar-refractivity contribution in [2.24, 2.45) is 0 Å². The lowest BCUT2D eigenvalue weighted by Crippen LogP contribution is -2.02. The Labute approximate surface area is 109 Å². The first-order chi connectivity index (χ1) is 8.85. The molecule has 18 heavy (non-hydrogen) atoms. The number of nitrogens with zero attached hydrogens (tertiary/aromatic N) is 2. The summed E-state index contributed by atoms with van der Waals surface area (Å²) in [6.07, 6.45) is 5.57. The summed E-state index contributed by atoms with van der Waals surface area (Å²) in [7, 11) is 0. The van der Waals surface area contributed by atoms with Crippen molar-refractivity contribution in [2.75, 3.05) is 0 Å². The molecule has 4 nitrogen and oxygen atoms in total. The number of pyridine rings is 1. The highest BCUT2D eigenvalue weighted by Gasteiger charge is 2.28. The average molecular weight is 262 g/mol. The molecule has 0 aliphatic carbocycles. The number of thioether (sulfide) groups is 1. The molecule has 0 amide bonds. The van der Waals surface area contributed by atoms with Gasteiger partial charge in [0, 0.05) is 46.7 Å². The van der Waals surface area contributed by atoms with Gasteiger partial charge in [0.05, 0.1) is 13.2 Å². The van der Waals surface area contributed by atoms with Gasteiger partial charge in [-0.15, -0.1) is 11.8 Å². The maximum atomic E-state index is 9.41. The van der Waals surface area contributed by atoms with E-state index in [1.807, 2.05) is 30.2 Å². The van der Waals surface area contributed by atoms with Gasteiger partial charge in [0.1, 0.15) is 5.37 Å². The molecular weight excluding hydrogens is 248 g/mol. The zero-order chi connectivity index (χ0) is 12.5. The van der Waals surface area contributed by atoms with Crippen molar-refractivity contribution in [3.8, 4) is 0 Å². The minimum absolute atomic E-state index is 0.0153. The van der Waals surface area contributed by atoms with Crippen LogP contribution in [0.25, 0.3) is 0 Å². The molecule has 3 rings (SSSR count). The zero-order valence-electron chi connectivity index (χ0n) is 9.78. The number of aliphatic hydroxyl groups excluding tert-OH is 2. The van der Waals surface area contributed by atoms with Gasteiger partial charge in [-0.3, -0.25) is 4.98 Å². The van der Waals surface area contributed by atoms with Crippen LogP contribution in [0.1, 0.15) is 27.8 Å². The van der Waals surface area contributed by atoms with Crippen molar-refractivity contribution < 1.29 is 10.2 Å². The zero-order valence-corrected chi connectivity index (χ0v) is 10.6. The summed E-state index contributed by atoms with van der Waals surface area (Å²) < 4.78 is 2.14. The molecule has 0 saturated heterocycles. The van der Waals surface area contributed by atoms with Crippen LogP contribution >= 0.6 is 11.8 Å². The summed E-state index contributed by atoms with van der Waals surface area (Å²) in [5, 5.41) is 18.9. The third-order valence-corrected chi connectivity index (χ3v) is 4.53. The van der Waals surface area contributed by atoms with Gasteiger partial charge in [0.15, 0.2) is 0 Å². The minimum atomic E-state index is -0.0275. The van der Waals surface area contributed by atoms with E-state index < -0.39 is 0 Å². The van der Waals surface area contributed by atoms with Gasteiger partial charge in [0.2, 0.25) is 0 Å². The van der Waals surface area contributed by atoms with E-state index in [1.54, 1.807) is 6.20 Å². The lowest BCUT2D eigenvalue weighted by Gasteiger charge is -2.12. The maximum Gasteiger partial charge on any atom is 0.106 e. The van der Waals surface area contributed by atoms with E-state index in [2.05, 4.69) is 15.6 Å². The van der Waals surface area contributed by atoms with E-state index in [1.165, 1.54) is 0 Å². The quantitative estimate of drug-likeness (QED) is 0.883. The first-order valence-corrected chi connectivity index (χ1v) is 6.84. The minimum Gasteiger partial charge on any atom is -0.392 e. The van der Waals surface area contributed by atoms with E-state index in [0.29, 0.717) is 0 Å². The number of aromatic nitrogens is 2. The molecule has 3 heterocycles. The highest BCUT2D eigenvalue weighted by molar-refractivity contribution is 7.99. The Bertz CT molecular complexity index is 554. The lowest BCUT2D eigenvalue weighted by molar-refractivity contribution is 0.260. The Balaban J connectivity index is 2.04. The molecular formula is C13H14N2O2S. The normalized spacial score (nSPS) is 18.0. The van der Waals surface area contributed by atoms with E-state index in [9.17, 15) is 10.2 Å². The van der Waals surface area contributed by atoms with Crippen LogP contribution in [-0.2, 0) is 19.0 Å². The Morgan fingerprint density at radius 3 is 2.94 bits per heavy atom. The van der Waals surface area contributed by atoms with E-state index in [4.69, 9.17) is 0 Å². The highest BCUT2D eigenvalue weighted by Crippen LogP contribution is 2.43. The van der Waals surface area contributed by atoms with Gasteiger partial charge in [-0.05, 0) is 6.07 Å². The smallest absolute Gasteiger partial charge is 0.106 e. The second-order valence-corrected chi connectivity index (χ2v) is 5.32. The molecule has 1 atom stereocenters. The first-order valence-electron chi connectivity index (χ1n) is 5.80. The van der Waals surface area contributed by atoms with Crippen LogP contribution in [-0.4, -0.2) is 19.8 Å². The van der Waals surface area contributed by atoms with Gasteiger partial charge < -0.3 is 14.8 Å². The highest BCUT2D eigenvalue weighted by atomic mass is 32.2. The molecule has 2 aromatic rings. The summed E-state index contributed by atoms with van der Waals surface area (Å²) in [4.78, 5) is 4.15. The Morgan fingerprint density at radius 1 is 1.39 bits per heavy atom. The average Bonchev–Trinajstić information content (AvgIpc) is 2.97. The summed E-state index contributed by atoms with van der Waals surface area (Å²) in [6, 6.07) is 3.98. The lowest BCUT2D eigenvalue weighted by atomic mass is 10.2. The second-order valence-electron chi connectivity index (χ2n) is 4.25. The summed E-state index contributed by atoms with van der Waals surface area (Å²) in [5.41, 5.74) is 3.95. The van der Waals surface area contributed by atoms with Crippen molar-refractivity contribution in [2.45, 2.75) is 24.3 Å². The fourth-order valence-corrected chi connectivity index (χ4v) is 3.70. The third-order valence-electron chi connectivity index (χ3n) is 3.27. The SMILES string of the molecule is OCc1cn2c(c1CO)CS[C@@H]2c1cccnc1. The largest absolute Gasteiger partial charge is 0.392 e. The first kappa shape index (κ1) is 11.8. The van der Waals surface area contributed by atoms with Crippen molar-refractivity contribution in [1.29, 1.82) is 0 Å². The molecule has 5 heteroatoms. The standard InChI is InChI=1S/C13H14N2O2S/c16-6-10-5-15-12(11(10)7-17)8-18-13(15)9-2-1-3-14-4-9/h1-5,13,16-17H,6-8H2/t13-/m1/s1. The third kappa shape index (κ3) is 1.75. The van der Waals surface area contributed by atoms with Gasteiger partial charge >= 0.3 is 0 Å².